The van der Waals surface area contributed by atoms with Crippen molar-refractivity contribution >= 4 is 34.2 Å². The molecule has 0 fully saturated rings. The van der Waals surface area contributed by atoms with Crippen molar-refractivity contribution in [2.24, 2.45) is 5.73 Å². The predicted molar refractivity (Wildman–Crippen MR) is 109 cm³/mol. The number of aromatic nitrogens is 1. The van der Waals surface area contributed by atoms with Crippen molar-refractivity contribution in [3.05, 3.63) is 66.7 Å². The molecule has 0 spiro atoms. The van der Waals surface area contributed by atoms with Crippen LogP contribution in [0.4, 0.5) is 22.0 Å². The fourth-order valence-corrected chi connectivity index (χ4v) is 3.20. The van der Waals surface area contributed by atoms with Gasteiger partial charge in [0.05, 0.1) is 23.9 Å². The Morgan fingerprint density at radius 1 is 1.04 bits per heavy atom. The summed E-state index contributed by atoms with van der Waals surface area (Å²) in [4.78, 5) is 13.5. The Morgan fingerprint density at radius 3 is 2.50 bits per heavy atom. The van der Waals surface area contributed by atoms with E-state index in [4.69, 9.17) is 20.7 Å². The molecule has 0 saturated heterocycles. The second-order valence-electron chi connectivity index (χ2n) is 6.17. The minimum absolute atomic E-state index is 0.338. The van der Waals surface area contributed by atoms with Crippen LogP contribution in [0.2, 0.25) is 0 Å². The van der Waals surface area contributed by atoms with E-state index in [1.807, 2.05) is 42.5 Å². The van der Waals surface area contributed by atoms with Crippen LogP contribution in [-0.4, -0.2) is 18.3 Å². The van der Waals surface area contributed by atoms with Crippen molar-refractivity contribution in [2.45, 2.75) is 0 Å². The Labute approximate surface area is 161 Å². The maximum Gasteiger partial charge on any atom is 0.323 e. The zero-order chi connectivity index (χ0) is 19.7. The molecule has 7 nitrogen and oxygen atoms in total. The lowest BCUT2D eigenvalue weighted by Crippen LogP contribution is -2.31. The number of hydrogen-bond donors (Lipinski definition) is 2. The SMILES string of the molecule is COc1cccc(N(C(N)=O)c2ccc(-c3cccc4onc(N)c34)cc2)c1. The minimum atomic E-state index is -0.591. The van der Waals surface area contributed by atoms with Gasteiger partial charge in [0.15, 0.2) is 11.4 Å². The van der Waals surface area contributed by atoms with Gasteiger partial charge in [-0.25, -0.2) is 4.79 Å². The topological polar surface area (TPSA) is 108 Å². The summed E-state index contributed by atoms with van der Waals surface area (Å²) in [6, 6.07) is 19.6. The van der Waals surface area contributed by atoms with Crippen LogP contribution in [0.1, 0.15) is 0 Å². The number of nitrogens with zero attached hydrogens (tertiary/aromatic N) is 2. The molecule has 0 bridgehead atoms. The lowest BCUT2D eigenvalue weighted by molar-refractivity contribution is 0.256. The number of nitrogen functional groups attached to an aromatic ring is 1. The number of ether oxygens (including phenoxy) is 1. The number of urea groups is 1. The first-order chi connectivity index (χ1) is 13.6. The summed E-state index contributed by atoms with van der Waals surface area (Å²) < 4.78 is 10.5. The number of benzene rings is 3. The van der Waals surface area contributed by atoms with E-state index in [1.165, 1.54) is 4.90 Å². The highest BCUT2D eigenvalue weighted by molar-refractivity contribution is 6.02. The first-order valence-corrected chi connectivity index (χ1v) is 8.56. The summed E-state index contributed by atoms with van der Waals surface area (Å²) in [5, 5.41) is 4.59. The van der Waals surface area contributed by atoms with Crippen molar-refractivity contribution in [1.82, 2.24) is 5.16 Å². The summed E-state index contributed by atoms with van der Waals surface area (Å²) >= 11 is 0. The molecule has 0 saturated carbocycles. The molecule has 0 radical (unpaired) electrons. The third-order valence-electron chi connectivity index (χ3n) is 4.49. The average Bonchev–Trinajstić information content (AvgIpc) is 3.10. The zero-order valence-corrected chi connectivity index (χ0v) is 15.1. The second-order valence-corrected chi connectivity index (χ2v) is 6.17. The van der Waals surface area contributed by atoms with E-state index in [9.17, 15) is 4.79 Å². The van der Waals surface area contributed by atoms with E-state index in [1.54, 1.807) is 31.4 Å². The summed E-state index contributed by atoms with van der Waals surface area (Å²) in [5.41, 5.74) is 15.3. The Bertz CT molecular complexity index is 1150. The monoisotopic (exact) mass is 374 g/mol. The molecule has 4 N–H and O–H groups in total. The molecule has 3 aromatic carbocycles. The van der Waals surface area contributed by atoms with Crippen LogP contribution >= 0.6 is 0 Å². The van der Waals surface area contributed by atoms with Crippen molar-refractivity contribution in [3.63, 3.8) is 0 Å². The van der Waals surface area contributed by atoms with Gasteiger partial charge < -0.3 is 20.7 Å². The first kappa shape index (κ1) is 17.4. The summed E-state index contributed by atoms with van der Waals surface area (Å²) in [5.74, 6) is 0.972. The van der Waals surface area contributed by atoms with Crippen LogP contribution in [0, 0.1) is 0 Å². The highest BCUT2D eigenvalue weighted by Gasteiger charge is 2.17. The van der Waals surface area contributed by atoms with Crippen LogP contribution in [0.15, 0.2) is 71.3 Å². The Kier molecular flexibility index (Phi) is 4.33. The summed E-state index contributed by atoms with van der Waals surface area (Å²) in [7, 11) is 1.57. The number of primary amides is 1. The fraction of sp³-hybridized carbons (Fsp3) is 0.0476. The normalized spacial score (nSPS) is 10.8. The van der Waals surface area contributed by atoms with E-state index >= 15 is 0 Å². The molecule has 140 valence electrons. The number of fused-ring (bicyclic) bond motifs is 1. The largest absolute Gasteiger partial charge is 0.497 e. The maximum absolute atomic E-state index is 12.1. The van der Waals surface area contributed by atoms with Gasteiger partial charge in [-0.05, 0) is 41.5 Å². The van der Waals surface area contributed by atoms with Gasteiger partial charge >= 0.3 is 6.03 Å². The highest BCUT2D eigenvalue weighted by Crippen LogP contribution is 2.34. The molecular formula is C21H18N4O3. The molecule has 0 aliphatic rings. The number of anilines is 3. The minimum Gasteiger partial charge on any atom is -0.497 e. The number of hydrogen-bond acceptors (Lipinski definition) is 5. The third kappa shape index (κ3) is 2.99. The molecule has 0 unspecified atom stereocenters. The highest BCUT2D eigenvalue weighted by atomic mass is 16.5. The van der Waals surface area contributed by atoms with Gasteiger partial charge in [-0.1, -0.05) is 35.5 Å². The second kappa shape index (κ2) is 6.96. The van der Waals surface area contributed by atoms with Gasteiger partial charge in [-0.15, -0.1) is 0 Å². The van der Waals surface area contributed by atoms with Crippen molar-refractivity contribution in [2.75, 3.05) is 17.7 Å². The zero-order valence-electron chi connectivity index (χ0n) is 15.1. The Hall–Kier alpha value is -4.00. The maximum atomic E-state index is 12.1. The Morgan fingerprint density at radius 2 is 1.79 bits per heavy atom. The van der Waals surface area contributed by atoms with Crippen LogP contribution in [0.3, 0.4) is 0 Å². The van der Waals surface area contributed by atoms with E-state index in [0.717, 1.165) is 16.5 Å². The van der Waals surface area contributed by atoms with E-state index in [2.05, 4.69) is 5.16 Å². The molecule has 1 heterocycles. The summed E-state index contributed by atoms with van der Waals surface area (Å²) in [6.45, 7) is 0. The number of amides is 2. The molecule has 0 atom stereocenters. The standard InChI is InChI=1S/C21H18N4O3/c1-27-16-5-2-4-15(12-16)25(21(23)26)14-10-8-13(9-11-14)17-6-3-7-18-19(17)20(22)24-28-18/h2-12H,1H3,(H2,22,24)(H2,23,26). The third-order valence-corrected chi connectivity index (χ3v) is 4.49. The molecular weight excluding hydrogens is 356 g/mol. The Balaban J connectivity index is 1.75. The lowest BCUT2D eigenvalue weighted by atomic mass is 10.0. The molecule has 4 aromatic rings. The molecule has 28 heavy (non-hydrogen) atoms. The number of nitrogens with two attached hydrogens (primary N) is 2. The molecule has 1 aromatic heterocycles. The van der Waals surface area contributed by atoms with Gasteiger partial charge in [0.2, 0.25) is 0 Å². The van der Waals surface area contributed by atoms with Crippen LogP contribution in [0.5, 0.6) is 5.75 Å². The molecule has 2 amide bonds. The van der Waals surface area contributed by atoms with Crippen molar-refractivity contribution < 1.29 is 14.1 Å². The number of carbonyl (C=O) groups excluding carboxylic acids is 1. The fourth-order valence-electron chi connectivity index (χ4n) is 3.20. The van der Waals surface area contributed by atoms with Crippen molar-refractivity contribution in [3.8, 4) is 16.9 Å². The first-order valence-electron chi connectivity index (χ1n) is 8.56. The van der Waals surface area contributed by atoms with E-state index in [-0.39, 0.29) is 0 Å². The molecule has 0 aliphatic heterocycles. The number of rotatable bonds is 4. The van der Waals surface area contributed by atoms with Crippen LogP contribution in [-0.2, 0) is 0 Å². The smallest absolute Gasteiger partial charge is 0.323 e. The van der Waals surface area contributed by atoms with Gasteiger partial charge in [0, 0.05) is 6.07 Å². The number of methoxy groups -OCH3 is 1. The molecule has 4 rings (SSSR count). The van der Waals surface area contributed by atoms with E-state index < -0.39 is 6.03 Å². The lowest BCUT2D eigenvalue weighted by Gasteiger charge is -2.21. The average molecular weight is 374 g/mol. The van der Waals surface area contributed by atoms with Gasteiger partial charge in [-0.2, -0.15) is 0 Å². The number of carbonyl (C=O) groups is 1. The molecule has 7 heteroatoms. The van der Waals surface area contributed by atoms with Gasteiger partial charge in [0.1, 0.15) is 5.75 Å². The predicted octanol–water partition coefficient (Wildman–Crippen LogP) is 4.30. The van der Waals surface area contributed by atoms with Gasteiger partial charge in [0.25, 0.3) is 0 Å². The van der Waals surface area contributed by atoms with Crippen LogP contribution in [0.25, 0.3) is 22.1 Å². The molecule has 0 aliphatic carbocycles. The summed E-state index contributed by atoms with van der Waals surface area (Å²) in [6.07, 6.45) is 0. The quantitative estimate of drug-likeness (QED) is 0.554. The van der Waals surface area contributed by atoms with Crippen molar-refractivity contribution in [1.29, 1.82) is 0 Å². The van der Waals surface area contributed by atoms with Crippen LogP contribution < -0.4 is 21.1 Å². The van der Waals surface area contributed by atoms with E-state index in [0.29, 0.717) is 28.5 Å². The van der Waals surface area contributed by atoms with Gasteiger partial charge in [-0.3, -0.25) is 4.90 Å².